The van der Waals surface area contributed by atoms with Gasteiger partial charge in [0.05, 0.1) is 0 Å². The molecule has 2 heteroatoms. The molecule has 0 bridgehead atoms. The fourth-order valence-electron chi connectivity index (χ4n) is 1.38. The molecular formula is C15H14IO+. The summed E-state index contributed by atoms with van der Waals surface area (Å²) in [6.45, 7) is 4.24. The van der Waals surface area contributed by atoms with E-state index in [4.69, 9.17) is 4.74 Å². The lowest BCUT2D eigenvalue weighted by Crippen LogP contribution is -3.61. The highest BCUT2D eigenvalue weighted by molar-refractivity contribution is 5.21. The Balaban J connectivity index is 2.17. The predicted octanol–water partition coefficient (Wildman–Crippen LogP) is 0.380. The van der Waals surface area contributed by atoms with Crippen LogP contribution < -0.4 is 25.9 Å². The van der Waals surface area contributed by atoms with Gasteiger partial charge in [0.25, 0.3) is 0 Å². The van der Waals surface area contributed by atoms with Crippen LogP contribution in [0.3, 0.4) is 0 Å². The normalized spacial score (nSPS) is 9.88. The molecule has 1 nitrogen and oxygen atoms in total. The summed E-state index contributed by atoms with van der Waals surface area (Å²) in [6.07, 6.45) is 1.78. The van der Waals surface area contributed by atoms with Crippen molar-refractivity contribution in [2.24, 2.45) is 0 Å². The average Bonchev–Trinajstić information content (AvgIpc) is 2.39. The van der Waals surface area contributed by atoms with Crippen molar-refractivity contribution in [3.8, 4) is 5.75 Å². The van der Waals surface area contributed by atoms with Crippen molar-refractivity contribution >= 4 is 0 Å². The molecular weight excluding hydrogens is 323 g/mol. The van der Waals surface area contributed by atoms with Crippen molar-refractivity contribution in [2.75, 3.05) is 6.61 Å². The molecule has 0 aromatic heterocycles. The molecule has 0 N–H and O–H groups in total. The zero-order valence-corrected chi connectivity index (χ0v) is 11.6. The summed E-state index contributed by atoms with van der Waals surface area (Å²) in [5, 5.41) is 0. The molecule has 86 valence electrons. The highest BCUT2D eigenvalue weighted by Gasteiger charge is 2.19. The molecule has 2 aromatic rings. The Hall–Kier alpha value is -1.29. The Labute approximate surface area is 112 Å². The first-order valence-electron chi connectivity index (χ1n) is 5.43. The lowest BCUT2D eigenvalue weighted by Gasteiger charge is -2.01. The first kappa shape index (κ1) is 12.2. The molecule has 0 saturated carbocycles. The van der Waals surface area contributed by atoms with E-state index in [-0.39, 0.29) is 21.2 Å². The third-order valence-electron chi connectivity index (χ3n) is 2.14. The second-order valence-corrected chi connectivity index (χ2v) is 6.37. The lowest BCUT2D eigenvalue weighted by molar-refractivity contribution is -0.598. The SMILES string of the molecule is C=CCOc1ccccc1[I+]c1ccccc1. The van der Waals surface area contributed by atoms with Gasteiger partial charge in [0.15, 0.2) is 9.32 Å². The Morgan fingerprint density at radius 2 is 1.71 bits per heavy atom. The van der Waals surface area contributed by atoms with Crippen LogP contribution in [-0.4, -0.2) is 6.61 Å². The highest BCUT2D eigenvalue weighted by atomic mass is 127. The van der Waals surface area contributed by atoms with Crippen LogP contribution in [0.25, 0.3) is 0 Å². The number of hydrogen-bond acceptors (Lipinski definition) is 1. The minimum absolute atomic E-state index is 0.170. The molecule has 0 aliphatic rings. The second kappa shape index (κ2) is 6.45. The summed E-state index contributed by atoms with van der Waals surface area (Å²) in [4.78, 5) is 0. The van der Waals surface area contributed by atoms with E-state index in [1.807, 2.05) is 18.2 Å². The maximum Gasteiger partial charge on any atom is 0.362 e. The topological polar surface area (TPSA) is 9.23 Å². The molecule has 0 unspecified atom stereocenters. The van der Waals surface area contributed by atoms with Gasteiger partial charge in [0, 0.05) is 0 Å². The van der Waals surface area contributed by atoms with Crippen LogP contribution >= 0.6 is 0 Å². The van der Waals surface area contributed by atoms with Gasteiger partial charge in [-0.15, -0.1) is 0 Å². The number of para-hydroxylation sites is 1. The molecule has 0 spiro atoms. The van der Waals surface area contributed by atoms with Crippen molar-refractivity contribution < 1.29 is 25.9 Å². The zero-order chi connectivity index (χ0) is 11.9. The van der Waals surface area contributed by atoms with Crippen molar-refractivity contribution in [2.45, 2.75) is 0 Å². The second-order valence-electron chi connectivity index (χ2n) is 3.42. The molecule has 17 heavy (non-hydrogen) atoms. The van der Waals surface area contributed by atoms with Crippen molar-refractivity contribution in [1.82, 2.24) is 0 Å². The number of hydrogen-bond donors (Lipinski definition) is 0. The van der Waals surface area contributed by atoms with Crippen LogP contribution in [0.15, 0.2) is 67.3 Å². The molecule has 0 atom stereocenters. The number of rotatable bonds is 5. The monoisotopic (exact) mass is 337 g/mol. The lowest BCUT2D eigenvalue weighted by atomic mass is 10.3. The predicted molar refractivity (Wildman–Crippen MR) is 66.0 cm³/mol. The van der Waals surface area contributed by atoms with Gasteiger partial charge in [-0.1, -0.05) is 43.0 Å². The van der Waals surface area contributed by atoms with E-state index in [1.54, 1.807) is 6.08 Å². The molecule has 0 saturated heterocycles. The van der Waals surface area contributed by atoms with Crippen molar-refractivity contribution in [3.05, 3.63) is 74.4 Å². The van der Waals surface area contributed by atoms with Crippen LogP contribution in [0.1, 0.15) is 0 Å². The summed E-state index contributed by atoms with van der Waals surface area (Å²) in [7, 11) is 0. The van der Waals surface area contributed by atoms with Gasteiger partial charge in [-0.25, -0.2) is 0 Å². The molecule has 0 amide bonds. The van der Waals surface area contributed by atoms with E-state index in [0.717, 1.165) is 5.75 Å². The van der Waals surface area contributed by atoms with Crippen LogP contribution in [0.4, 0.5) is 0 Å². The van der Waals surface area contributed by atoms with Crippen LogP contribution in [0.5, 0.6) is 5.75 Å². The number of benzene rings is 2. The van der Waals surface area contributed by atoms with E-state index in [1.165, 1.54) is 7.14 Å². The van der Waals surface area contributed by atoms with E-state index in [0.29, 0.717) is 6.61 Å². The van der Waals surface area contributed by atoms with E-state index >= 15 is 0 Å². The first-order valence-corrected chi connectivity index (χ1v) is 7.58. The number of ether oxygens (including phenoxy) is 1. The number of halogens is 1. The van der Waals surface area contributed by atoms with E-state index < -0.39 is 0 Å². The maximum absolute atomic E-state index is 5.67. The molecule has 0 aliphatic heterocycles. The third-order valence-corrected chi connectivity index (χ3v) is 4.95. The minimum Gasteiger partial charge on any atom is -0.485 e. The zero-order valence-electron chi connectivity index (χ0n) is 9.47. The van der Waals surface area contributed by atoms with Gasteiger partial charge < -0.3 is 4.74 Å². The quantitative estimate of drug-likeness (QED) is 0.566. The van der Waals surface area contributed by atoms with Gasteiger partial charge >= 0.3 is 21.2 Å². The first-order chi connectivity index (χ1) is 8.40. The standard InChI is InChI=1S/C15H14IO/c1-2-12-17-15-11-7-6-10-14(15)16-13-8-4-3-5-9-13/h2-11H,1,12H2/q+1. The van der Waals surface area contributed by atoms with Crippen molar-refractivity contribution in [1.29, 1.82) is 0 Å². The van der Waals surface area contributed by atoms with Gasteiger partial charge in [-0.05, 0) is 24.3 Å². The van der Waals surface area contributed by atoms with Gasteiger partial charge in [-0.2, -0.15) is 0 Å². The van der Waals surface area contributed by atoms with Crippen LogP contribution in [-0.2, 0) is 0 Å². The Bertz CT molecular complexity index is 479. The van der Waals surface area contributed by atoms with Crippen LogP contribution in [0, 0.1) is 7.14 Å². The van der Waals surface area contributed by atoms with Gasteiger partial charge in [0.1, 0.15) is 6.61 Å². The van der Waals surface area contributed by atoms with E-state index in [9.17, 15) is 0 Å². The summed E-state index contributed by atoms with van der Waals surface area (Å²) in [6, 6.07) is 18.8. The fraction of sp³-hybridized carbons (Fsp3) is 0.0667. The Morgan fingerprint density at radius 1 is 1.00 bits per heavy atom. The van der Waals surface area contributed by atoms with E-state index in [2.05, 4.69) is 43.0 Å². The average molecular weight is 337 g/mol. The molecule has 0 fully saturated rings. The summed E-state index contributed by atoms with van der Waals surface area (Å²) in [5.74, 6) is 0.990. The van der Waals surface area contributed by atoms with Crippen LogP contribution in [0.2, 0.25) is 0 Å². The van der Waals surface area contributed by atoms with Gasteiger partial charge in [0.2, 0.25) is 3.57 Å². The molecule has 2 rings (SSSR count). The molecule has 0 aliphatic carbocycles. The van der Waals surface area contributed by atoms with Crippen molar-refractivity contribution in [3.63, 3.8) is 0 Å². The Morgan fingerprint density at radius 3 is 2.47 bits per heavy atom. The Kier molecular flexibility index (Phi) is 4.62. The fourth-order valence-corrected chi connectivity index (χ4v) is 3.82. The minimum atomic E-state index is -0.170. The molecule has 0 radical (unpaired) electrons. The van der Waals surface area contributed by atoms with Gasteiger partial charge in [-0.3, -0.25) is 0 Å². The molecule has 2 aromatic carbocycles. The summed E-state index contributed by atoms with van der Waals surface area (Å²) < 4.78 is 8.39. The largest absolute Gasteiger partial charge is 0.485 e. The smallest absolute Gasteiger partial charge is 0.362 e. The molecule has 0 heterocycles. The highest BCUT2D eigenvalue weighted by Crippen LogP contribution is 2.08. The summed E-state index contributed by atoms with van der Waals surface area (Å²) in [5.41, 5.74) is 0. The third kappa shape index (κ3) is 3.60. The maximum atomic E-state index is 5.67. The summed E-state index contributed by atoms with van der Waals surface area (Å²) >= 11 is -0.170.